The Kier molecular flexibility index (Phi) is 5.54. The van der Waals surface area contributed by atoms with E-state index < -0.39 is 0 Å². The molecule has 0 saturated heterocycles. The molecule has 0 radical (unpaired) electrons. The third kappa shape index (κ3) is 4.05. The predicted molar refractivity (Wildman–Crippen MR) is 112 cm³/mol. The summed E-state index contributed by atoms with van der Waals surface area (Å²) in [6.45, 7) is 0.788. The van der Waals surface area contributed by atoms with Crippen molar-refractivity contribution < 1.29 is 14.1 Å². The van der Waals surface area contributed by atoms with Crippen molar-refractivity contribution in [2.75, 3.05) is 13.2 Å². The van der Waals surface area contributed by atoms with Gasteiger partial charge in [-0.1, -0.05) is 19.3 Å². The Labute approximate surface area is 177 Å². The van der Waals surface area contributed by atoms with Gasteiger partial charge in [-0.3, -0.25) is 4.79 Å². The second-order valence-corrected chi connectivity index (χ2v) is 11.1. The van der Waals surface area contributed by atoms with E-state index in [4.69, 9.17) is 15.0 Å². The molecule has 1 amide bonds. The van der Waals surface area contributed by atoms with Gasteiger partial charge >= 0.3 is 0 Å². The lowest BCUT2D eigenvalue weighted by Gasteiger charge is -2.56. The van der Waals surface area contributed by atoms with E-state index in [2.05, 4.69) is 10.5 Å². The summed E-state index contributed by atoms with van der Waals surface area (Å²) in [6, 6.07) is 0. The fraction of sp³-hybridized carbons (Fsp3) is 0.818. The predicted octanol–water partition coefficient (Wildman–Crippen LogP) is 4.14. The highest BCUT2D eigenvalue weighted by Gasteiger charge is 2.52. The SMILES string of the molecule is NCCOc1noc(C(=O)NC23CC4CC(CC(C4)C2)C3)c1SC1CCCCC1. The van der Waals surface area contributed by atoms with E-state index in [1.807, 2.05) is 0 Å². The first-order chi connectivity index (χ1) is 14.1. The average molecular weight is 420 g/mol. The summed E-state index contributed by atoms with van der Waals surface area (Å²) in [7, 11) is 0. The Balaban J connectivity index is 1.35. The van der Waals surface area contributed by atoms with E-state index in [1.54, 1.807) is 11.8 Å². The second-order valence-electron chi connectivity index (χ2n) is 9.81. The monoisotopic (exact) mass is 419 g/mol. The lowest BCUT2D eigenvalue weighted by molar-refractivity contribution is -0.0173. The minimum absolute atomic E-state index is 0.0380. The van der Waals surface area contributed by atoms with Crippen LogP contribution in [0.1, 0.15) is 81.2 Å². The topological polar surface area (TPSA) is 90.4 Å². The van der Waals surface area contributed by atoms with Gasteiger partial charge in [-0.25, -0.2) is 0 Å². The van der Waals surface area contributed by atoms with Gasteiger partial charge in [0.25, 0.3) is 11.8 Å². The number of hydrogen-bond acceptors (Lipinski definition) is 6. The summed E-state index contributed by atoms with van der Waals surface area (Å²) in [5, 5.41) is 8.02. The zero-order valence-corrected chi connectivity index (χ0v) is 18.0. The van der Waals surface area contributed by atoms with Gasteiger partial charge in [0.1, 0.15) is 11.5 Å². The quantitative estimate of drug-likeness (QED) is 0.690. The highest BCUT2D eigenvalue weighted by molar-refractivity contribution is 8.00. The molecule has 5 aliphatic rings. The molecular weight excluding hydrogens is 386 g/mol. The molecule has 5 fully saturated rings. The zero-order chi connectivity index (χ0) is 19.8. The standard InChI is InChI=1S/C22H33N3O3S/c23-6-7-27-21-19(29-17-4-2-1-3-5-17)18(28-25-21)20(26)24-22-11-14-8-15(12-22)10-16(9-14)13-22/h14-17H,1-13,23H2,(H,24,26). The summed E-state index contributed by atoms with van der Waals surface area (Å²) in [5.41, 5.74) is 5.57. The highest BCUT2D eigenvalue weighted by atomic mass is 32.2. The van der Waals surface area contributed by atoms with E-state index >= 15 is 0 Å². The Bertz CT molecular complexity index is 708. The largest absolute Gasteiger partial charge is 0.473 e. The van der Waals surface area contributed by atoms with Crippen LogP contribution in [0.5, 0.6) is 5.88 Å². The number of nitrogens with zero attached hydrogens (tertiary/aromatic N) is 1. The van der Waals surface area contributed by atoms with Crippen molar-refractivity contribution in [2.24, 2.45) is 23.5 Å². The molecule has 4 bridgehead atoms. The molecule has 6 nitrogen and oxygen atoms in total. The third-order valence-electron chi connectivity index (χ3n) is 7.44. The molecule has 7 heteroatoms. The smallest absolute Gasteiger partial charge is 0.291 e. The number of carbonyl (C=O) groups is 1. The average Bonchev–Trinajstić information content (AvgIpc) is 3.08. The van der Waals surface area contributed by atoms with Crippen LogP contribution in [-0.2, 0) is 0 Å². The van der Waals surface area contributed by atoms with Gasteiger partial charge in [0.2, 0.25) is 5.76 Å². The van der Waals surface area contributed by atoms with Crippen LogP contribution in [0.2, 0.25) is 0 Å². The minimum atomic E-state index is -0.111. The van der Waals surface area contributed by atoms with E-state index in [0.717, 1.165) is 41.9 Å². The Morgan fingerprint density at radius 1 is 1.14 bits per heavy atom. The van der Waals surface area contributed by atoms with Crippen LogP contribution in [-0.4, -0.2) is 35.0 Å². The second kappa shape index (κ2) is 8.14. The van der Waals surface area contributed by atoms with Crippen molar-refractivity contribution in [3.8, 4) is 5.88 Å². The van der Waals surface area contributed by atoms with Crippen LogP contribution in [0, 0.1) is 17.8 Å². The van der Waals surface area contributed by atoms with Crippen molar-refractivity contribution in [3.63, 3.8) is 0 Å². The number of hydrogen-bond donors (Lipinski definition) is 2. The van der Waals surface area contributed by atoms with Crippen molar-refractivity contribution in [1.29, 1.82) is 0 Å². The molecule has 29 heavy (non-hydrogen) atoms. The van der Waals surface area contributed by atoms with Crippen molar-refractivity contribution in [3.05, 3.63) is 5.76 Å². The summed E-state index contributed by atoms with van der Waals surface area (Å²) in [5.74, 6) is 3.02. The Hall–Kier alpha value is -1.21. The first-order valence-corrected chi connectivity index (χ1v) is 12.3. The van der Waals surface area contributed by atoms with Crippen LogP contribution in [0.3, 0.4) is 0 Å². The number of thioether (sulfide) groups is 1. The summed E-state index contributed by atoms with van der Waals surface area (Å²) < 4.78 is 11.3. The maximum Gasteiger partial charge on any atom is 0.291 e. The number of amides is 1. The van der Waals surface area contributed by atoms with Crippen LogP contribution in [0.25, 0.3) is 0 Å². The number of aromatic nitrogens is 1. The lowest BCUT2D eigenvalue weighted by Crippen LogP contribution is -2.59. The first kappa shape index (κ1) is 19.7. The molecule has 0 atom stereocenters. The molecule has 5 saturated carbocycles. The molecule has 5 aliphatic carbocycles. The van der Waals surface area contributed by atoms with E-state index in [9.17, 15) is 4.79 Å². The van der Waals surface area contributed by atoms with Crippen molar-refractivity contribution in [2.45, 2.75) is 86.3 Å². The Morgan fingerprint density at radius 3 is 2.41 bits per heavy atom. The molecular formula is C22H33N3O3S. The van der Waals surface area contributed by atoms with Gasteiger partial charge in [0.05, 0.1) is 0 Å². The lowest BCUT2D eigenvalue weighted by atomic mass is 9.53. The maximum atomic E-state index is 13.3. The molecule has 0 aromatic carbocycles. The molecule has 3 N–H and O–H groups in total. The fourth-order valence-corrected chi connectivity index (χ4v) is 8.01. The van der Waals surface area contributed by atoms with Gasteiger partial charge in [0.15, 0.2) is 0 Å². The number of nitrogens with two attached hydrogens (primary N) is 1. The van der Waals surface area contributed by atoms with Crippen molar-refractivity contribution >= 4 is 17.7 Å². The van der Waals surface area contributed by atoms with Gasteiger partial charge in [0, 0.05) is 17.3 Å². The first-order valence-electron chi connectivity index (χ1n) is 11.5. The molecule has 0 aliphatic heterocycles. The Morgan fingerprint density at radius 2 is 1.79 bits per heavy atom. The number of rotatable bonds is 7. The normalized spacial score (nSPS) is 33.8. The third-order valence-corrected chi connectivity index (χ3v) is 8.84. The van der Waals surface area contributed by atoms with Crippen LogP contribution in [0.4, 0.5) is 0 Å². The molecule has 0 spiro atoms. The summed E-state index contributed by atoms with van der Waals surface area (Å²) in [4.78, 5) is 14.1. The van der Waals surface area contributed by atoms with Gasteiger partial charge < -0.3 is 20.3 Å². The fourth-order valence-electron chi connectivity index (χ4n) is 6.67. The van der Waals surface area contributed by atoms with E-state index in [0.29, 0.717) is 30.0 Å². The molecule has 1 aromatic heterocycles. The maximum absolute atomic E-state index is 13.3. The van der Waals surface area contributed by atoms with E-state index in [-0.39, 0.29) is 11.4 Å². The number of carbonyl (C=O) groups excluding carboxylic acids is 1. The molecule has 160 valence electrons. The van der Waals surface area contributed by atoms with Gasteiger partial charge in [-0.2, -0.15) is 0 Å². The summed E-state index contributed by atoms with van der Waals surface area (Å²) >= 11 is 1.71. The molecule has 1 aromatic rings. The van der Waals surface area contributed by atoms with Crippen LogP contribution >= 0.6 is 11.8 Å². The van der Waals surface area contributed by atoms with Crippen LogP contribution < -0.4 is 15.8 Å². The zero-order valence-electron chi connectivity index (χ0n) is 17.2. The highest BCUT2D eigenvalue weighted by Crippen LogP contribution is 2.55. The van der Waals surface area contributed by atoms with Crippen LogP contribution in [0.15, 0.2) is 9.42 Å². The number of nitrogens with one attached hydrogen (secondary N) is 1. The minimum Gasteiger partial charge on any atom is -0.473 e. The summed E-state index contributed by atoms with van der Waals surface area (Å²) in [6.07, 6.45) is 13.6. The number of ether oxygens (including phenoxy) is 1. The molecule has 0 unspecified atom stereocenters. The van der Waals surface area contributed by atoms with Gasteiger partial charge in [-0.05, 0) is 74.3 Å². The molecule has 6 rings (SSSR count). The van der Waals surface area contributed by atoms with Gasteiger partial charge in [-0.15, -0.1) is 11.8 Å². The molecule has 1 heterocycles. The van der Waals surface area contributed by atoms with Crippen molar-refractivity contribution in [1.82, 2.24) is 10.5 Å². The van der Waals surface area contributed by atoms with E-state index in [1.165, 1.54) is 51.4 Å².